The second kappa shape index (κ2) is 8.11. The molecule has 0 unspecified atom stereocenters. The topological polar surface area (TPSA) is 70.4 Å². The summed E-state index contributed by atoms with van der Waals surface area (Å²) in [4.78, 5) is 14.8. The fourth-order valence-electron chi connectivity index (χ4n) is 4.66. The molecule has 2 heterocycles. The number of hydrogen-bond acceptors (Lipinski definition) is 5. The first kappa shape index (κ1) is 19.2. The van der Waals surface area contributed by atoms with E-state index in [0.29, 0.717) is 11.9 Å². The first-order chi connectivity index (χ1) is 13.5. The Balaban J connectivity index is 1.19. The van der Waals surface area contributed by atoms with Crippen molar-refractivity contribution in [1.82, 2.24) is 15.4 Å². The molecule has 1 amide bonds. The first-order valence-corrected chi connectivity index (χ1v) is 10.6. The Kier molecular flexibility index (Phi) is 5.58. The van der Waals surface area contributed by atoms with E-state index in [1.807, 2.05) is 25.1 Å². The van der Waals surface area contributed by atoms with Gasteiger partial charge in [0.1, 0.15) is 0 Å². The highest BCUT2D eigenvalue weighted by atomic mass is 16.5. The number of aromatic nitrogens is 1. The SMILES string of the molecule is Cc1ccc2onc(NCC(=O)NC3CN([C@H]4CC[C@@H](C(C)C)CC4)C3)c2c1. The van der Waals surface area contributed by atoms with Gasteiger partial charge in [0.25, 0.3) is 0 Å². The average molecular weight is 385 g/mol. The fraction of sp³-hybridized carbons (Fsp3) is 0.636. The molecule has 0 atom stereocenters. The average Bonchev–Trinajstić information content (AvgIpc) is 3.05. The van der Waals surface area contributed by atoms with Crippen LogP contribution in [0.4, 0.5) is 5.82 Å². The van der Waals surface area contributed by atoms with E-state index in [1.165, 1.54) is 25.7 Å². The maximum Gasteiger partial charge on any atom is 0.239 e. The van der Waals surface area contributed by atoms with Crippen molar-refractivity contribution in [2.75, 3.05) is 25.0 Å². The van der Waals surface area contributed by atoms with E-state index >= 15 is 0 Å². The number of nitrogens with one attached hydrogen (secondary N) is 2. The molecule has 2 aliphatic rings. The van der Waals surface area contributed by atoms with Gasteiger partial charge in [-0.25, -0.2) is 0 Å². The van der Waals surface area contributed by atoms with Gasteiger partial charge in [0, 0.05) is 19.1 Å². The summed E-state index contributed by atoms with van der Waals surface area (Å²) in [6, 6.07) is 6.89. The zero-order chi connectivity index (χ0) is 19.7. The molecule has 1 aliphatic heterocycles. The lowest BCUT2D eigenvalue weighted by Crippen LogP contribution is -2.63. The third-order valence-corrected chi connectivity index (χ3v) is 6.52. The summed E-state index contributed by atoms with van der Waals surface area (Å²) in [6.07, 6.45) is 5.32. The highest BCUT2D eigenvalue weighted by Crippen LogP contribution is 2.33. The number of nitrogens with zero attached hydrogens (tertiary/aromatic N) is 2. The zero-order valence-corrected chi connectivity index (χ0v) is 17.2. The number of rotatable bonds is 6. The molecule has 152 valence electrons. The monoisotopic (exact) mass is 384 g/mol. The van der Waals surface area contributed by atoms with Crippen molar-refractivity contribution < 1.29 is 9.32 Å². The maximum absolute atomic E-state index is 12.3. The molecule has 0 spiro atoms. The lowest BCUT2D eigenvalue weighted by molar-refractivity contribution is -0.121. The molecule has 6 heteroatoms. The van der Waals surface area contributed by atoms with Crippen LogP contribution in [-0.2, 0) is 4.79 Å². The molecule has 6 nitrogen and oxygen atoms in total. The Morgan fingerprint density at radius 2 is 2.00 bits per heavy atom. The van der Waals surface area contributed by atoms with E-state index < -0.39 is 0 Å². The molecular weight excluding hydrogens is 352 g/mol. The number of fused-ring (bicyclic) bond motifs is 1. The number of benzene rings is 1. The highest BCUT2D eigenvalue weighted by molar-refractivity contribution is 5.90. The summed E-state index contributed by atoms with van der Waals surface area (Å²) in [6.45, 7) is 8.89. The number of likely N-dealkylation sites (tertiary alicyclic amines) is 1. The van der Waals surface area contributed by atoms with Crippen LogP contribution in [0.25, 0.3) is 11.0 Å². The Morgan fingerprint density at radius 3 is 2.71 bits per heavy atom. The molecule has 0 bridgehead atoms. The number of anilines is 1. The van der Waals surface area contributed by atoms with E-state index in [-0.39, 0.29) is 18.5 Å². The van der Waals surface area contributed by atoms with Gasteiger partial charge in [0.2, 0.25) is 5.91 Å². The smallest absolute Gasteiger partial charge is 0.239 e. The van der Waals surface area contributed by atoms with Crippen LogP contribution < -0.4 is 10.6 Å². The summed E-state index contributed by atoms with van der Waals surface area (Å²) in [5, 5.41) is 11.2. The Hall–Kier alpha value is -2.08. The molecule has 1 aliphatic carbocycles. The van der Waals surface area contributed by atoms with E-state index in [4.69, 9.17) is 4.52 Å². The standard InChI is InChI=1S/C22H32N4O2/c1-14(2)16-5-7-18(8-6-16)26-12-17(13-26)24-21(27)11-23-22-19-10-15(3)4-9-20(19)28-25-22/h4,9-10,14,16-18H,5-8,11-13H2,1-3H3,(H,23,25)(H,24,27)/t16-,18+. The van der Waals surface area contributed by atoms with Crippen LogP contribution in [0, 0.1) is 18.8 Å². The second-order valence-electron chi connectivity index (χ2n) is 8.92. The fourth-order valence-corrected chi connectivity index (χ4v) is 4.66. The minimum absolute atomic E-state index is 0.0111. The minimum Gasteiger partial charge on any atom is -0.358 e. The predicted octanol–water partition coefficient (Wildman–Crippen LogP) is 3.56. The first-order valence-electron chi connectivity index (χ1n) is 10.6. The predicted molar refractivity (Wildman–Crippen MR) is 111 cm³/mol. The molecule has 2 N–H and O–H groups in total. The molecule has 1 aromatic heterocycles. The van der Waals surface area contributed by atoms with Gasteiger partial charge in [-0.3, -0.25) is 9.69 Å². The number of hydrogen-bond donors (Lipinski definition) is 2. The van der Waals surface area contributed by atoms with Gasteiger partial charge >= 0.3 is 0 Å². The largest absolute Gasteiger partial charge is 0.358 e. The molecule has 1 saturated heterocycles. The molecule has 28 heavy (non-hydrogen) atoms. The summed E-state index contributed by atoms with van der Waals surface area (Å²) >= 11 is 0. The van der Waals surface area contributed by atoms with Gasteiger partial charge in [0.15, 0.2) is 11.4 Å². The molecular formula is C22H32N4O2. The summed E-state index contributed by atoms with van der Waals surface area (Å²) in [7, 11) is 0. The quantitative estimate of drug-likeness (QED) is 0.797. The van der Waals surface area contributed by atoms with Crippen LogP contribution in [-0.4, -0.2) is 47.7 Å². The van der Waals surface area contributed by atoms with Crippen molar-refractivity contribution >= 4 is 22.7 Å². The van der Waals surface area contributed by atoms with E-state index in [2.05, 4.69) is 34.5 Å². The van der Waals surface area contributed by atoms with Gasteiger partial charge in [-0.05, 0) is 56.6 Å². The normalized spacial score (nSPS) is 23.7. The van der Waals surface area contributed by atoms with Crippen molar-refractivity contribution in [3.8, 4) is 0 Å². The van der Waals surface area contributed by atoms with E-state index in [9.17, 15) is 4.79 Å². The van der Waals surface area contributed by atoms with Crippen molar-refractivity contribution in [3.63, 3.8) is 0 Å². The molecule has 1 saturated carbocycles. The molecule has 0 radical (unpaired) electrons. The zero-order valence-electron chi connectivity index (χ0n) is 17.2. The van der Waals surface area contributed by atoms with Crippen LogP contribution in [0.5, 0.6) is 0 Å². The Labute approximate surface area is 167 Å². The minimum atomic E-state index is 0.0111. The Morgan fingerprint density at radius 1 is 1.25 bits per heavy atom. The highest BCUT2D eigenvalue weighted by Gasteiger charge is 2.35. The van der Waals surface area contributed by atoms with Crippen molar-refractivity contribution in [2.45, 2.75) is 58.5 Å². The number of carbonyl (C=O) groups excluding carboxylic acids is 1. The number of aryl methyl sites for hydroxylation is 1. The molecule has 2 aromatic rings. The van der Waals surface area contributed by atoms with Crippen molar-refractivity contribution in [1.29, 1.82) is 0 Å². The molecule has 1 aromatic carbocycles. The van der Waals surface area contributed by atoms with Crippen LogP contribution in [0.3, 0.4) is 0 Å². The second-order valence-corrected chi connectivity index (χ2v) is 8.92. The van der Waals surface area contributed by atoms with E-state index in [1.54, 1.807) is 0 Å². The van der Waals surface area contributed by atoms with Crippen LogP contribution in [0.2, 0.25) is 0 Å². The lowest BCUT2D eigenvalue weighted by atomic mass is 9.78. The third-order valence-electron chi connectivity index (χ3n) is 6.52. The summed E-state index contributed by atoms with van der Waals surface area (Å²) in [5.74, 6) is 2.35. The number of amides is 1. The van der Waals surface area contributed by atoms with Crippen LogP contribution >= 0.6 is 0 Å². The van der Waals surface area contributed by atoms with E-state index in [0.717, 1.165) is 41.5 Å². The third kappa shape index (κ3) is 4.17. The van der Waals surface area contributed by atoms with Crippen LogP contribution in [0.1, 0.15) is 45.1 Å². The summed E-state index contributed by atoms with van der Waals surface area (Å²) in [5.41, 5.74) is 1.87. The summed E-state index contributed by atoms with van der Waals surface area (Å²) < 4.78 is 5.30. The van der Waals surface area contributed by atoms with Gasteiger partial charge in [-0.1, -0.05) is 30.6 Å². The molecule has 4 rings (SSSR count). The van der Waals surface area contributed by atoms with Crippen molar-refractivity contribution in [2.24, 2.45) is 11.8 Å². The van der Waals surface area contributed by atoms with Gasteiger partial charge in [0.05, 0.1) is 18.0 Å². The Bertz CT molecular complexity index is 817. The van der Waals surface area contributed by atoms with Crippen molar-refractivity contribution in [3.05, 3.63) is 23.8 Å². The van der Waals surface area contributed by atoms with Gasteiger partial charge in [-0.2, -0.15) is 0 Å². The van der Waals surface area contributed by atoms with Gasteiger partial charge < -0.3 is 15.2 Å². The van der Waals surface area contributed by atoms with Gasteiger partial charge in [-0.15, -0.1) is 0 Å². The lowest BCUT2D eigenvalue weighted by Gasteiger charge is -2.47. The van der Waals surface area contributed by atoms with Crippen LogP contribution in [0.15, 0.2) is 22.7 Å². The number of carbonyl (C=O) groups is 1. The maximum atomic E-state index is 12.3. The molecule has 2 fully saturated rings.